The van der Waals surface area contributed by atoms with Crippen molar-refractivity contribution in [2.24, 2.45) is 0 Å². The van der Waals surface area contributed by atoms with Crippen LogP contribution in [0, 0.1) is 5.82 Å². The van der Waals surface area contributed by atoms with E-state index in [1.165, 1.54) is 33.5 Å². The standard InChI is InChI=1S/C28H31FO8/c1-31-16-18-34-25-20-23(14-15-24(25)29)28(37-33-3,35-19-17-32-2)27(30)36-26(21-10-6-4-7-11-21)22-12-8-5-9-13-22/h4-15,20,26H,16-19H2,1-3H3. The highest BCUT2D eigenvalue weighted by Gasteiger charge is 2.48. The lowest BCUT2D eigenvalue weighted by Crippen LogP contribution is -2.44. The van der Waals surface area contributed by atoms with Crippen LogP contribution in [0.3, 0.4) is 0 Å². The smallest absolute Gasteiger partial charge is 0.375 e. The Bertz CT molecular complexity index is 1060. The molecule has 198 valence electrons. The molecule has 3 aromatic rings. The van der Waals surface area contributed by atoms with E-state index in [1.807, 2.05) is 60.7 Å². The van der Waals surface area contributed by atoms with Gasteiger partial charge in [0, 0.05) is 19.8 Å². The number of methoxy groups -OCH3 is 2. The van der Waals surface area contributed by atoms with E-state index in [4.69, 9.17) is 33.5 Å². The molecule has 0 heterocycles. The number of carbonyl (C=O) groups excluding carboxylic acids is 1. The van der Waals surface area contributed by atoms with Gasteiger partial charge >= 0.3 is 11.8 Å². The molecule has 0 saturated heterocycles. The summed E-state index contributed by atoms with van der Waals surface area (Å²) in [7, 11) is 4.22. The van der Waals surface area contributed by atoms with Gasteiger partial charge in [0.1, 0.15) is 6.61 Å². The molecule has 0 aliphatic carbocycles. The lowest BCUT2D eigenvalue weighted by Gasteiger charge is -2.32. The summed E-state index contributed by atoms with van der Waals surface area (Å²) in [5.41, 5.74) is 1.56. The van der Waals surface area contributed by atoms with Crippen LogP contribution in [0.1, 0.15) is 22.8 Å². The van der Waals surface area contributed by atoms with E-state index in [0.717, 1.165) is 17.2 Å². The summed E-state index contributed by atoms with van der Waals surface area (Å²) >= 11 is 0. The Hall–Kier alpha value is -3.34. The van der Waals surface area contributed by atoms with E-state index in [-0.39, 0.29) is 37.7 Å². The fraction of sp³-hybridized carbons (Fsp3) is 0.321. The first-order valence-electron chi connectivity index (χ1n) is 11.6. The van der Waals surface area contributed by atoms with E-state index in [1.54, 1.807) is 0 Å². The SMILES string of the molecule is COCCOc1cc(C(OCCOC)(OOC)C(=O)OC(c2ccccc2)c2ccccc2)ccc1F. The third kappa shape index (κ3) is 7.34. The third-order valence-corrected chi connectivity index (χ3v) is 5.35. The number of hydrogen-bond acceptors (Lipinski definition) is 8. The van der Waals surface area contributed by atoms with Crippen LogP contribution in [0.5, 0.6) is 5.75 Å². The van der Waals surface area contributed by atoms with Crippen molar-refractivity contribution in [1.82, 2.24) is 0 Å². The van der Waals surface area contributed by atoms with Crippen molar-refractivity contribution in [3.63, 3.8) is 0 Å². The molecule has 0 N–H and O–H groups in total. The van der Waals surface area contributed by atoms with Gasteiger partial charge in [0.25, 0.3) is 0 Å². The van der Waals surface area contributed by atoms with Crippen LogP contribution in [0.2, 0.25) is 0 Å². The monoisotopic (exact) mass is 514 g/mol. The quantitative estimate of drug-likeness (QED) is 0.0959. The summed E-state index contributed by atoms with van der Waals surface area (Å²) in [4.78, 5) is 24.3. The van der Waals surface area contributed by atoms with E-state index in [2.05, 4.69) is 0 Å². The molecule has 0 aliphatic rings. The summed E-state index contributed by atoms with van der Waals surface area (Å²) in [6.45, 7) is 0.411. The Balaban J connectivity index is 2.04. The van der Waals surface area contributed by atoms with E-state index < -0.39 is 23.7 Å². The van der Waals surface area contributed by atoms with E-state index >= 15 is 0 Å². The first-order chi connectivity index (χ1) is 18.1. The van der Waals surface area contributed by atoms with Gasteiger partial charge in [0.05, 0.1) is 26.9 Å². The first-order valence-corrected chi connectivity index (χ1v) is 11.6. The number of carbonyl (C=O) groups is 1. The number of hydrogen-bond donors (Lipinski definition) is 0. The minimum absolute atomic E-state index is 0.0620. The van der Waals surface area contributed by atoms with Gasteiger partial charge in [-0.15, -0.1) is 0 Å². The topological polar surface area (TPSA) is 81.7 Å². The number of esters is 1. The molecule has 0 spiro atoms. The third-order valence-electron chi connectivity index (χ3n) is 5.35. The number of ether oxygens (including phenoxy) is 5. The second-order valence-electron chi connectivity index (χ2n) is 7.80. The number of rotatable bonds is 15. The van der Waals surface area contributed by atoms with Crippen molar-refractivity contribution in [2.75, 3.05) is 47.8 Å². The van der Waals surface area contributed by atoms with Gasteiger partial charge in [0.15, 0.2) is 17.7 Å². The molecule has 37 heavy (non-hydrogen) atoms. The molecule has 3 aromatic carbocycles. The summed E-state index contributed by atoms with van der Waals surface area (Å²) < 4.78 is 42.0. The number of halogens is 1. The minimum atomic E-state index is -2.22. The van der Waals surface area contributed by atoms with Gasteiger partial charge in [-0.3, -0.25) is 0 Å². The summed E-state index contributed by atoms with van der Waals surface area (Å²) in [6.07, 6.45) is -0.793. The minimum Gasteiger partial charge on any atom is -0.488 e. The van der Waals surface area contributed by atoms with Gasteiger partial charge in [-0.25, -0.2) is 14.1 Å². The maximum absolute atomic E-state index is 14.5. The second kappa shape index (κ2) is 14.4. The molecule has 0 aromatic heterocycles. The van der Waals surface area contributed by atoms with Crippen LogP contribution in [0.25, 0.3) is 0 Å². The molecule has 0 bridgehead atoms. The highest BCUT2D eigenvalue weighted by Crippen LogP contribution is 2.36. The molecular formula is C28H31FO8. The van der Waals surface area contributed by atoms with Gasteiger partial charge < -0.3 is 23.7 Å². The predicted octanol–water partition coefficient (Wildman–Crippen LogP) is 4.58. The first kappa shape index (κ1) is 28.2. The summed E-state index contributed by atoms with van der Waals surface area (Å²) in [5.74, 6) is -3.90. The van der Waals surface area contributed by atoms with Crippen molar-refractivity contribution in [1.29, 1.82) is 0 Å². The zero-order valence-corrected chi connectivity index (χ0v) is 21.1. The van der Waals surface area contributed by atoms with Gasteiger partial charge in [-0.1, -0.05) is 60.7 Å². The Morgan fingerprint density at radius 3 is 1.97 bits per heavy atom. The Labute approximate surface area is 215 Å². The van der Waals surface area contributed by atoms with Crippen molar-refractivity contribution in [3.8, 4) is 5.75 Å². The molecule has 1 atom stereocenters. The highest BCUT2D eigenvalue weighted by molar-refractivity contribution is 5.80. The zero-order valence-electron chi connectivity index (χ0n) is 21.1. The van der Waals surface area contributed by atoms with Gasteiger partial charge in [-0.2, -0.15) is 4.89 Å². The maximum atomic E-state index is 14.5. The van der Waals surface area contributed by atoms with Crippen LogP contribution >= 0.6 is 0 Å². The predicted molar refractivity (Wildman–Crippen MR) is 132 cm³/mol. The van der Waals surface area contributed by atoms with Crippen molar-refractivity contribution in [3.05, 3.63) is 101 Å². The normalized spacial score (nSPS) is 12.8. The van der Waals surface area contributed by atoms with Gasteiger partial charge in [0.2, 0.25) is 0 Å². The lowest BCUT2D eigenvalue weighted by molar-refractivity contribution is -0.414. The Morgan fingerprint density at radius 1 is 0.811 bits per heavy atom. The largest absolute Gasteiger partial charge is 0.488 e. The summed E-state index contributed by atoms with van der Waals surface area (Å²) in [5, 5.41) is 0. The van der Waals surface area contributed by atoms with Crippen molar-refractivity contribution in [2.45, 2.75) is 11.9 Å². The van der Waals surface area contributed by atoms with Crippen LogP contribution in [0.15, 0.2) is 78.9 Å². The highest BCUT2D eigenvalue weighted by atomic mass is 19.1. The Morgan fingerprint density at radius 2 is 1.41 bits per heavy atom. The molecule has 0 saturated carbocycles. The average Bonchev–Trinajstić information content (AvgIpc) is 2.93. The van der Waals surface area contributed by atoms with Crippen LogP contribution < -0.4 is 4.74 Å². The lowest BCUT2D eigenvalue weighted by atomic mass is 10.0. The van der Waals surface area contributed by atoms with Gasteiger partial charge in [-0.05, 0) is 29.3 Å². The molecule has 0 aliphatic heterocycles. The molecule has 3 rings (SSSR count). The van der Waals surface area contributed by atoms with Crippen LogP contribution in [0.4, 0.5) is 4.39 Å². The molecule has 0 fully saturated rings. The summed E-state index contributed by atoms with van der Waals surface area (Å²) in [6, 6.07) is 22.3. The molecule has 9 heteroatoms. The van der Waals surface area contributed by atoms with Crippen molar-refractivity contribution < 1.29 is 42.6 Å². The Kier molecular flexibility index (Phi) is 11.0. The average molecular weight is 515 g/mol. The fourth-order valence-corrected chi connectivity index (χ4v) is 3.57. The maximum Gasteiger partial charge on any atom is 0.375 e. The molecule has 0 amide bonds. The van der Waals surface area contributed by atoms with E-state index in [9.17, 15) is 9.18 Å². The molecule has 1 unspecified atom stereocenters. The zero-order chi connectivity index (χ0) is 26.5. The van der Waals surface area contributed by atoms with Crippen LogP contribution in [-0.2, 0) is 39.3 Å². The van der Waals surface area contributed by atoms with E-state index in [0.29, 0.717) is 0 Å². The molecule has 8 nitrogen and oxygen atoms in total. The molecule has 0 radical (unpaired) electrons. The fourth-order valence-electron chi connectivity index (χ4n) is 3.57. The number of benzene rings is 3. The second-order valence-corrected chi connectivity index (χ2v) is 7.80. The van der Waals surface area contributed by atoms with Crippen molar-refractivity contribution >= 4 is 5.97 Å². The molecular weight excluding hydrogens is 483 g/mol. The van der Waals surface area contributed by atoms with Crippen LogP contribution in [-0.4, -0.2) is 53.7 Å².